The van der Waals surface area contributed by atoms with Crippen LogP contribution in [0.25, 0.3) is 0 Å². The van der Waals surface area contributed by atoms with E-state index in [2.05, 4.69) is 28.1 Å². The van der Waals surface area contributed by atoms with E-state index in [4.69, 9.17) is 0 Å². The number of quaternary nitrogens is 1. The summed E-state index contributed by atoms with van der Waals surface area (Å²) in [6, 6.07) is 0. The van der Waals surface area contributed by atoms with Gasteiger partial charge in [0.25, 0.3) is 0 Å². The van der Waals surface area contributed by atoms with Crippen LogP contribution in [0.4, 0.5) is 0 Å². The molecular weight excluding hydrogens is 98.1 g/mol. The fourth-order valence-corrected chi connectivity index (χ4v) is 0.671. The Labute approximate surface area is 53.9 Å². The molecule has 0 aliphatic rings. The lowest BCUT2D eigenvalue weighted by molar-refractivity contribution is -0.870. The average Bonchev–Trinajstić information content (AvgIpc) is 1.30. The van der Waals surface area contributed by atoms with Gasteiger partial charge in [-0.1, -0.05) is 14.4 Å². The number of rotatable bonds is 2. The molecule has 0 aliphatic heterocycles. The van der Waals surface area contributed by atoms with E-state index >= 15 is 0 Å². The van der Waals surface area contributed by atoms with E-state index in [1.54, 1.807) is 0 Å². The van der Waals surface area contributed by atoms with Crippen molar-refractivity contribution in [1.29, 1.82) is 0 Å². The molecule has 0 aromatic carbocycles. The van der Waals surface area contributed by atoms with Gasteiger partial charge in [0, 0.05) is 0 Å². The highest BCUT2D eigenvalue weighted by Gasteiger charge is 2.01. The summed E-state index contributed by atoms with van der Waals surface area (Å²) in [4.78, 5) is 0. The van der Waals surface area contributed by atoms with Crippen molar-refractivity contribution in [3.8, 4) is 0 Å². The molecule has 1 nitrogen and oxygen atoms in total. The largest absolute Gasteiger partial charge is 0.331 e. The standard InChI is InChI=1S/C6H16N.CH4/c1-5-6-7(2,3)4;/h5-6H2,1-4H3;1H4/q+1;. The van der Waals surface area contributed by atoms with Gasteiger partial charge in [0.2, 0.25) is 0 Å². The first-order chi connectivity index (χ1) is 3.06. The molecule has 0 aromatic rings. The van der Waals surface area contributed by atoms with Gasteiger partial charge in [-0.05, 0) is 6.42 Å². The Morgan fingerprint density at radius 3 is 1.50 bits per heavy atom. The van der Waals surface area contributed by atoms with E-state index < -0.39 is 0 Å². The van der Waals surface area contributed by atoms with Gasteiger partial charge in [0.1, 0.15) is 0 Å². The minimum atomic E-state index is 0. The summed E-state index contributed by atoms with van der Waals surface area (Å²) in [6.45, 7) is 3.49. The van der Waals surface area contributed by atoms with Gasteiger partial charge in [-0.15, -0.1) is 0 Å². The smallest absolute Gasteiger partial charge is 0.0777 e. The van der Waals surface area contributed by atoms with E-state index in [0.717, 1.165) is 4.48 Å². The summed E-state index contributed by atoms with van der Waals surface area (Å²) in [5.74, 6) is 0. The third kappa shape index (κ3) is 9.35. The summed E-state index contributed by atoms with van der Waals surface area (Å²) >= 11 is 0. The second-order valence-corrected chi connectivity index (χ2v) is 3.01. The zero-order valence-electron chi connectivity index (χ0n) is 5.86. The highest BCUT2D eigenvalue weighted by Crippen LogP contribution is 1.90. The van der Waals surface area contributed by atoms with Crippen molar-refractivity contribution in [2.24, 2.45) is 0 Å². The molecule has 52 valence electrons. The zero-order chi connectivity index (χ0) is 5.91. The lowest BCUT2D eigenvalue weighted by Crippen LogP contribution is -2.34. The molecule has 1 heteroatoms. The average molecular weight is 118 g/mol. The third-order valence-corrected chi connectivity index (χ3v) is 0.894. The molecule has 0 amide bonds. The Balaban J connectivity index is 0. The predicted molar refractivity (Wildman–Crippen MR) is 39.9 cm³/mol. The van der Waals surface area contributed by atoms with E-state index in [1.165, 1.54) is 13.0 Å². The van der Waals surface area contributed by atoms with Crippen molar-refractivity contribution in [1.82, 2.24) is 0 Å². The first-order valence-electron chi connectivity index (χ1n) is 2.86. The molecule has 0 heterocycles. The van der Waals surface area contributed by atoms with Crippen LogP contribution in [-0.2, 0) is 0 Å². The third-order valence-electron chi connectivity index (χ3n) is 0.894. The quantitative estimate of drug-likeness (QED) is 0.484. The van der Waals surface area contributed by atoms with Crippen molar-refractivity contribution in [2.45, 2.75) is 20.8 Å². The highest BCUT2D eigenvalue weighted by molar-refractivity contribution is 4.20. The molecule has 0 atom stereocenters. The Kier molecular flexibility index (Phi) is 5.29. The fraction of sp³-hybridized carbons (Fsp3) is 1.00. The van der Waals surface area contributed by atoms with E-state index in [0.29, 0.717) is 0 Å². The molecule has 0 aliphatic carbocycles. The maximum atomic E-state index is 2.21. The van der Waals surface area contributed by atoms with Crippen molar-refractivity contribution in [3.63, 3.8) is 0 Å². The lowest BCUT2D eigenvalue weighted by atomic mass is 10.4. The van der Waals surface area contributed by atoms with Crippen LogP contribution in [-0.4, -0.2) is 32.2 Å². The van der Waals surface area contributed by atoms with Crippen LogP contribution in [0.5, 0.6) is 0 Å². The van der Waals surface area contributed by atoms with Crippen molar-refractivity contribution < 1.29 is 4.48 Å². The summed E-state index contributed by atoms with van der Waals surface area (Å²) in [5.41, 5.74) is 0. The van der Waals surface area contributed by atoms with Gasteiger partial charge in [0.15, 0.2) is 0 Å². The number of nitrogens with zero attached hydrogens (tertiary/aromatic N) is 1. The van der Waals surface area contributed by atoms with Crippen molar-refractivity contribution in [2.75, 3.05) is 27.7 Å². The first-order valence-corrected chi connectivity index (χ1v) is 2.86. The Hall–Kier alpha value is -0.0400. The topological polar surface area (TPSA) is 0 Å². The summed E-state index contributed by atoms with van der Waals surface area (Å²) in [7, 11) is 6.64. The van der Waals surface area contributed by atoms with Crippen LogP contribution in [0.3, 0.4) is 0 Å². The normalized spacial score (nSPS) is 10.5. The predicted octanol–water partition coefficient (Wildman–Crippen LogP) is 1.74. The Morgan fingerprint density at radius 1 is 1.12 bits per heavy atom. The van der Waals surface area contributed by atoms with Crippen LogP contribution in [0.2, 0.25) is 0 Å². The minimum Gasteiger partial charge on any atom is -0.331 e. The molecule has 0 bridgehead atoms. The maximum absolute atomic E-state index is 2.21. The van der Waals surface area contributed by atoms with Gasteiger partial charge < -0.3 is 4.48 Å². The highest BCUT2D eigenvalue weighted by atomic mass is 15.3. The molecule has 0 aromatic heterocycles. The van der Waals surface area contributed by atoms with Crippen LogP contribution in [0.1, 0.15) is 20.8 Å². The molecular formula is C7H20N+. The van der Waals surface area contributed by atoms with Crippen LogP contribution >= 0.6 is 0 Å². The molecule has 0 rings (SSSR count). The molecule has 0 unspecified atom stereocenters. The number of hydrogen-bond donors (Lipinski definition) is 0. The Bertz CT molecular complexity index is 42.8. The monoisotopic (exact) mass is 118 g/mol. The van der Waals surface area contributed by atoms with Gasteiger partial charge in [-0.2, -0.15) is 0 Å². The molecule has 0 saturated carbocycles. The van der Waals surface area contributed by atoms with Gasteiger partial charge in [0.05, 0.1) is 27.7 Å². The lowest BCUT2D eigenvalue weighted by Gasteiger charge is -2.22. The number of hydrogen-bond acceptors (Lipinski definition) is 0. The van der Waals surface area contributed by atoms with Crippen LogP contribution < -0.4 is 0 Å². The van der Waals surface area contributed by atoms with Gasteiger partial charge >= 0.3 is 0 Å². The van der Waals surface area contributed by atoms with E-state index in [9.17, 15) is 0 Å². The van der Waals surface area contributed by atoms with Crippen molar-refractivity contribution in [3.05, 3.63) is 0 Å². The van der Waals surface area contributed by atoms with Crippen molar-refractivity contribution >= 4 is 0 Å². The maximum Gasteiger partial charge on any atom is 0.0777 e. The molecule has 0 N–H and O–H groups in total. The molecule has 0 spiro atoms. The fourth-order valence-electron chi connectivity index (χ4n) is 0.671. The van der Waals surface area contributed by atoms with Crippen LogP contribution in [0, 0.1) is 0 Å². The summed E-state index contributed by atoms with van der Waals surface area (Å²) in [6.07, 6.45) is 1.28. The second-order valence-electron chi connectivity index (χ2n) is 3.01. The van der Waals surface area contributed by atoms with Gasteiger partial charge in [-0.3, -0.25) is 0 Å². The Morgan fingerprint density at radius 2 is 1.50 bits per heavy atom. The first kappa shape index (κ1) is 10.9. The molecule has 0 saturated heterocycles. The van der Waals surface area contributed by atoms with E-state index in [1.807, 2.05) is 0 Å². The summed E-state index contributed by atoms with van der Waals surface area (Å²) < 4.78 is 1.09. The summed E-state index contributed by atoms with van der Waals surface area (Å²) in [5, 5.41) is 0. The van der Waals surface area contributed by atoms with Gasteiger partial charge in [-0.25, -0.2) is 0 Å². The minimum absolute atomic E-state index is 0. The van der Waals surface area contributed by atoms with E-state index in [-0.39, 0.29) is 7.43 Å². The van der Waals surface area contributed by atoms with Crippen LogP contribution in [0.15, 0.2) is 0 Å². The molecule has 0 fully saturated rings. The second kappa shape index (κ2) is 3.90. The molecule has 8 heavy (non-hydrogen) atoms. The SMILES string of the molecule is C.CCC[N+](C)(C)C. The zero-order valence-corrected chi connectivity index (χ0v) is 5.86. The molecule has 0 radical (unpaired) electrons.